The van der Waals surface area contributed by atoms with Gasteiger partial charge in [0.15, 0.2) is 11.7 Å². The molecule has 2 aromatic rings. The smallest absolute Gasteiger partial charge is 0.329 e. The molecule has 0 bridgehead atoms. The van der Waals surface area contributed by atoms with E-state index in [-0.39, 0.29) is 18.3 Å². The number of carbonyl (C=O) groups excluding carboxylic acids is 1. The van der Waals surface area contributed by atoms with Gasteiger partial charge < -0.3 is 14.4 Å². The fraction of sp³-hybridized carbons (Fsp3) is 0.500. The van der Waals surface area contributed by atoms with Gasteiger partial charge in [-0.2, -0.15) is 5.26 Å². The maximum atomic E-state index is 12.5. The quantitative estimate of drug-likeness (QED) is 0.767. The Hall–Kier alpha value is -2.72. The van der Waals surface area contributed by atoms with E-state index in [9.17, 15) is 10.1 Å². The molecule has 1 aliphatic heterocycles. The highest BCUT2D eigenvalue weighted by Gasteiger charge is 2.33. The molecule has 1 aromatic heterocycles. The van der Waals surface area contributed by atoms with Crippen LogP contribution in [0.4, 0.5) is 5.82 Å². The number of aromatic nitrogens is 2. The van der Waals surface area contributed by atoms with Crippen molar-refractivity contribution in [2.75, 3.05) is 18.0 Å². The maximum absolute atomic E-state index is 12.5. The molecule has 0 spiro atoms. The SMILES string of the molecule is CC(C)OC(=O)[C@@H](C#N)c1nc2ccccc2nc1N1C[C@@H](C)O[C@H](C)C1. The highest BCUT2D eigenvalue weighted by molar-refractivity contribution is 5.85. The average molecular weight is 368 g/mol. The van der Waals surface area contributed by atoms with E-state index < -0.39 is 11.9 Å². The summed E-state index contributed by atoms with van der Waals surface area (Å²) in [7, 11) is 0. The lowest BCUT2D eigenvalue weighted by Crippen LogP contribution is -2.46. The third-order valence-corrected chi connectivity index (χ3v) is 4.29. The lowest BCUT2D eigenvalue weighted by atomic mass is 10.1. The Labute approximate surface area is 158 Å². The summed E-state index contributed by atoms with van der Waals surface area (Å²) in [6.45, 7) is 8.72. The van der Waals surface area contributed by atoms with Crippen molar-refractivity contribution >= 4 is 22.8 Å². The Balaban J connectivity index is 2.11. The summed E-state index contributed by atoms with van der Waals surface area (Å²) in [5, 5.41) is 9.70. The molecule has 2 heterocycles. The van der Waals surface area contributed by atoms with E-state index in [0.717, 1.165) is 5.52 Å². The number of nitrogens with zero attached hydrogens (tertiary/aromatic N) is 4. The molecule has 3 atom stereocenters. The van der Waals surface area contributed by atoms with Crippen LogP contribution in [0, 0.1) is 11.3 Å². The molecule has 0 aliphatic carbocycles. The summed E-state index contributed by atoms with van der Waals surface area (Å²) < 4.78 is 11.1. The largest absolute Gasteiger partial charge is 0.462 e. The number of benzene rings is 1. The fourth-order valence-electron chi connectivity index (χ4n) is 3.31. The van der Waals surface area contributed by atoms with Crippen LogP contribution in [0.2, 0.25) is 0 Å². The van der Waals surface area contributed by atoms with Crippen molar-refractivity contribution in [1.29, 1.82) is 5.26 Å². The molecule has 0 amide bonds. The molecule has 1 fully saturated rings. The monoisotopic (exact) mass is 368 g/mol. The van der Waals surface area contributed by atoms with Crippen LogP contribution in [-0.4, -0.2) is 47.3 Å². The summed E-state index contributed by atoms with van der Waals surface area (Å²) in [6, 6.07) is 9.49. The van der Waals surface area contributed by atoms with Crippen LogP contribution in [0.5, 0.6) is 0 Å². The number of morpholine rings is 1. The second kappa shape index (κ2) is 7.89. The first-order valence-electron chi connectivity index (χ1n) is 9.16. The highest BCUT2D eigenvalue weighted by atomic mass is 16.5. The van der Waals surface area contributed by atoms with E-state index in [1.807, 2.05) is 43.0 Å². The summed E-state index contributed by atoms with van der Waals surface area (Å²) in [5.74, 6) is -1.19. The Morgan fingerprint density at radius 3 is 2.37 bits per heavy atom. The van der Waals surface area contributed by atoms with Gasteiger partial charge >= 0.3 is 5.97 Å². The number of fused-ring (bicyclic) bond motifs is 1. The van der Waals surface area contributed by atoms with Gasteiger partial charge in [-0.05, 0) is 39.8 Å². The molecule has 142 valence electrons. The zero-order chi connectivity index (χ0) is 19.6. The minimum absolute atomic E-state index is 0.0121. The van der Waals surface area contributed by atoms with Gasteiger partial charge in [-0.1, -0.05) is 12.1 Å². The number of para-hydroxylation sites is 2. The summed E-state index contributed by atoms with van der Waals surface area (Å²) in [4.78, 5) is 24.0. The van der Waals surface area contributed by atoms with Gasteiger partial charge in [0.25, 0.3) is 0 Å². The normalized spacial score (nSPS) is 21.1. The molecule has 0 unspecified atom stereocenters. The van der Waals surface area contributed by atoms with Gasteiger partial charge in [0.2, 0.25) is 0 Å². The van der Waals surface area contributed by atoms with E-state index in [1.165, 1.54) is 0 Å². The molecule has 0 N–H and O–H groups in total. The molecule has 7 nitrogen and oxygen atoms in total. The second-order valence-electron chi connectivity index (χ2n) is 7.13. The standard InChI is InChI=1S/C20H24N4O3/c1-12(2)26-20(25)15(9-21)18-19(24-10-13(3)27-14(4)11-24)23-17-8-6-5-7-16(17)22-18/h5-8,12-15H,10-11H2,1-4H3/t13-,14-,15+/m1/s1. The lowest BCUT2D eigenvalue weighted by Gasteiger charge is -2.37. The molecule has 0 radical (unpaired) electrons. The van der Waals surface area contributed by atoms with Crippen LogP contribution in [0.15, 0.2) is 24.3 Å². The fourth-order valence-corrected chi connectivity index (χ4v) is 3.31. The number of anilines is 1. The van der Waals surface area contributed by atoms with Crippen LogP contribution in [0.25, 0.3) is 11.0 Å². The van der Waals surface area contributed by atoms with Crippen molar-refractivity contribution in [2.45, 2.75) is 51.9 Å². The first-order valence-corrected chi connectivity index (χ1v) is 9.16. The van der Waals surface area contributed by atoms with Crippen LogP contribution < -0.4 is 4.90 Å². The van der Waals surface area contributed by atoms with E-state index >= 15 is 0 Å². The molecule has 27 heavy (non-hydrogen) atoms. The first kappa shape index (κ1) is 19.1. The number of hydrogen-bond acceptors (Lipinski definition) is 7. The van der Waals surface area contributed by atoms with Crippen molar-refractivity contribution < 1.29 is 14.3 Å². The van der Waals surface area contributed by atoms with Crippen molar-refractivity contribution in [1.82, 2.24) is 9.97 Å². The Kier molecular flexibility index (Phi) is 5.57. The predicted octanol–water partition coefficient (Wildman–Crippen LogP) is 2.80. The van der Waals surface area contributed by atoms with Gasteiger partial charge in [0.05, 0.1) is 35.4 Å². The van der Waals surface area contributed by atoms with Crippen molar-refractivity contribution in [3.63, 3.8) is 0 Å². The second-order valence-corrected chi connectivity index (χ2v) is 7.13. The number of nitriles is 1. The molecule has 3 rings (SSSR count). The van der Waals surface area contributed by atoms with Gasteiger partial charge in [-0.15, -0.1) is 0 Å². The number of hydrogen-bond donors (Lipinski definition) is 0. The molecule has 1 aromatic carbocycles. The van der Waals surface area contributed by atoms with E-state index in [4.69, 9.17) is 14.5 Å². The zero-order valence-corrected chi connectivity index (χ0v) is 16.0. The summed E-state index contributed by atoms with van der Waals surface area (Å²) in [6.07, 6.45) is -0.287. The number of ether oxygens (including phenoxy) is 2. The predicted molar refractivity (Wildman–Crippen MR) is 101 cm³/mol. The van der Waals surface area contributed by atoms with E-state index in [2.05, 4.69) is 11.1 Å². The zero-order valence-electron chi connectivity index (χ0n) is 16.0. The van der Waals surface area contributed by atoms with Crippen LogP contribution in [0.3, 0.4) is 0 Å². The minimum atomic E-state index is -1.13. The Bertz CT molecular complexity index is 867. The van der Waals surface area contributed by atoms with Gasteiger partial charge in [-0.25, -0.2) is 9.97 Å². The van der Waals surface area contributed by atoms with Crippen LogP contribution >= 0.6 is 0 Å². The van der Waals surface area contributed by atoms with Crippen LogP contribution in [-0.2, 0) is 14.3 Å². The van der Waals surface area contributed by atoms with Crippen molar-refractivity contribution in [2.24, 2.45) is 0 Å². The molecule has 1 saturated heterocycles. The highest BCUT2D eigenvalue weighted by Crippen LogP contribution is 2.30. The van der Waals surface area contributed by atoms with Crippen LogP contribution in [0.1, 0.15) is 39.3 Å². The molecule has 7 heteroatoms. The third-order valence-electron chi connectivity index (χ3n) is 4.29. The number of rotatable bonds is 4. The van der Waals surface area contributed by atoms with Crippen molar-refractivity contribution in [3.05, 3.63) is 30.0 Å². The first-order chi connectivity index (χ1) is 12.9. The minimum Gasteiger partial charge on any atom is -0.462 e. The van der Waals surface area contributed by atoms with Gasteiger partial charge in [0, 0.05) is 13.1 Å². The molecular formula is C20H24N4O3. The van der Waals surface area contributed by atoms with E-state index in [1.54, 1.807) is 13.8 Å². The lowest BCUT2D eigenvalue weighted by molar-refractivity contribution is -0.147. The molecular weight excluding hydrogens is 344 g/mol. The summed E-state index contributed by atoms with van der Waals surface area (Å²) >= 11 is 0. The van der Waals surface area contributed by atoms with E-state index in [0.29, 0.717) is 30.1 Å². The topological polar surface area (TPSA) is 88.3 Å². The average Bonchev–Trinajstić information content (AvgIpc) is 2.60. The number of carbonyl (C=O) groups is 1. The molecule has 0 saturated carbocycles. The third kappa shape index (κ3) is 4.17. The maximum Gasteiger partial charge on any atom is 0.329 e. The van der Waals surface area contributed by atoms with Gasteiger partial charge in [-0.3, -0.25) is 4.79 Å². The Morgan fingerprint density at radius 1 is 1.22 bits per heavy atom. The summed E-state index contributed by atoms with van der Waals surface area (Å²) in [5.41, 5.74) is 1.70. The van der Waals surface area contributed by atoms with Crippen molar-refractivity contribution in [3.8, 4) is 6.07 Å². The van der Waals surface area contributed by atoms with Gasteiger partial charge in [0.1, 0.15) is 5.69 Å². The molecule has 1 aliphatic rings. The number of esters is 1. The Morgan fingerprint density at radius 2 is 1.81 bits per heavy atom.